The summed E-state index contributed by atoms with van der Waals surface area (Å²) in [5, 5.41) is 1.28. The van der Waals surface area contributed by atoms with E-state index < -0.39 is 0 Å². The van der Waals surface area contributed by atoms with Gasteiger partial charge in [-0.15, -0.1) is 0 Å². The van der Waals surface area contributed by atoms with E-state index in [1.54, 1.807) is 0 Å². The Morgan fingerprint density at radius 1 is 1.06 bits per heavy atom. The van der Waals surface area contributed by atoms with Crippen molar-refractivity contribution in [3.05, 3.63) is 36.0 Å². The summed E-state index contributed by atoms with van der Waals surface area (Å²) in [6, 6.07) is 8.74. The van der Waals surface area contributed by atoms with Crippen LogP contribution in [0, 0.1) is 0 Å². The van der Waals surface area contributed by atoms with E-state index in [1.807, 2.05) is 6.20 Å². The Morgan fingerprint density at radius 3 is 2.65 bits per heavy atom. The minimum atomic E-state index is 1.00. The lowest BCUT2D eigenvalue weighted by Gasteiger charge is -2.19. The molecule has 0 spiro atoms. The molecule has 0 atom stereocenters. The molecule has 0 aliphatic carbocycles. The van der Waals surface area contributed by atoms with Gasteiger partial charge < -0.3 is 14.8 Å². The quantitative estimate of drug-likeness (QED) is 0.852. The molecule has 1 heterocycles. The molecule has 0 saturated heterocycles. The van der Waals surface area contributed by atoms with Gasteiger partial charge in [0.2, 0.25) is 0 Å². The van der Waals surface area contributed by atoms with Crippen molar-refractivity contribution in [2.75, 3.05) is 34.2 Å². The van der Waals surface area contributed by atoms with Crippen molar-refractivity contribution in [1.82, 2.24) is 14.8 Å². The van der Waals surface area contributed by atoms with Gasteiger partial charge in [0.15, 0.2) is 0 Å². The number of benzene rings is 1. The van der Waals surface area contributed by atoms with Gasteiger partial charge in [-0.3, -0.25) is 0 Å². The predicted molar refractivity (Wildman–Crippen MR) is 73.2 cm³/mol. The molecule has 92 valence electrons. The number of hydrogen-bond donors (Lipinski definition) is 1. The standard InChI is InChI=1S/C14H21N3/c1-16(2)8-9-17(3)11-12-4-5-13-6-7-15-14(13)10-12/h4-7,10,15H,8-9,11H2,1-3H3. The molecule has 0 bridgehead atoms. The number of aromatic nitrogens is 1. The molecule has 0 aliphatic heterocycles. The number of nitrogens with zero attached hydrogens (tertiary/aromatic N) is 2. The van der Waals surface area contributed by atoms with Gasteiger partial charge >= 0.3 is 0 Å². The minimum Gasteiger partial charge on any atom is -0.361 e. The largest absolute Gasteiger partial charge is 0.361 e. The summed E-state index contributed by atoms with van der Waals surface area (Å²) in [7, 11) is 6.39. The van der Waals surface area contributed by atoms with Gasteiger partial charge in [0.1, 0.15) is 0 Å². The molecule has 1 N–H and O–H groups in total. The first kappa shape index (κ1) is 12.1. The summed E-state index contributed by atoms with van der Waals surface area (Å²) in [5.41, 5.74) is 2.59. The smallest absolute Gasteiger partial charge is 0.0457 e. The Hall–Kier alpha value is -1.32. The van der Waals surface area contributed by atoms with Crippen molar-refractivity contribution >= 4 is 10.9 Å². The zero-order chi connectivity index (χ0) is 12.3. The zero-order valence-corrected chi connectivity index (χ0v) is 10.9. The summed E-state index contributed by atoms with van der Waals surface area (Å²) in [4.78, 5) is 7.82. The molecule has 0 radical (unpaired) electrons. The second-order valence-corrected chi connectivity index (χ2v) is 4.94. The average Bonchev–Trinajstić information content (AvgIpc) is 2.73. The minimum absolute atomic E-state index is 1.00. The van der Waals surface area contributed by atoms with Crippen molar-refractivity contribution in [3.8, 4) is 0 Å². The summed E-state index contributed by atoms with van der Waals surface area (Å²) < 4.78 is 0. The van der Waals surface area contributed by atoms with Gasteiger partial charge in [-0.05, 0) is 44.2 Å². The first-order valence-corrected chi connectivity index (χ1v) is 6.04. The molecule has 3 nitrogen and oxygen atoms in total. The van der Waals surface area contributed by atoms with Crippen molar-refractivity contribution < 1.29 is 0 Å². The Labute approximate surface area is 103 Å². The maximum Gasteiger partial charge on any atom is 0.0457 e. The van der Waals surface area contributed by atoms with E-state index in [9.17, 15) is 0 Å². The highest BCUT2D eigenvalue weighted by atomic mass is 15.1. The number of rotatable bonds is 5. The van der Waals surface area contributed by atoms with Crippen LogP contribution < -0.4 is 0 Å². The molecule has 3 heteroatoms. The number of aromatic amines is 1. The Balaban J connectivity index is 1.97. The van der Waals surface area contributed by atoms with E-state index in [4.69, 9.17) is 0 Å². The summed E-state index contributed by atoms with van der Waals surface area (Å²) in [6.07, 6.45) is 1.99. The Bertz CT molecular complexity index is 473. The summed E-state index contributed by atoms with van der Waals surface area (Å²) >= 11 is 0. The van der Waals surface area contributed by atoms with Crippen LogP contribution >= 0.6 is 0 Å². The highest BCUT2D eigenvalue weighted by molar-refractivity contribution is 5.79. The average molecular weight is 231 g/mol. The summed E-state index contributed by atoms with van der Waals surface area (Å²) in [6.45, 7) is 3.19. The van der Waals surface area contributed by atoms with E-state index in [0.717, 1.165) is 19.6 Å². The molecule has 1 aromatic heterocycles. The SMILES string of the molecule is CN(C)CCN(C)Cc1ccc2cc[nH]c2c1. The van der Waals surface area contributed by atoms with Crippen LogP contribution in [0.1, 0.15) is 5.56 Å². The van der Waals surface area contributed by atoms with E-state index in [1.165, 1.54) is 16.5 Å². The highest BCUT2D eigenvalue weighted by Gasteiger charge is 2.02. The van der Waals surface area contributed by atoms with Gasteiger partial charge in [0.05, 0.1) is 0 Å². The maximum atomic E-state index is 3.26. The van der Waals surface area contributed by atoms with Gasteiger partial charge in [0, 0.05) is 31.3 Å². The molecule has 2 aromatic rings. The third-order valence-electron chi connectivity index (χ3n) is 3.00. The molecule has 17 heavy (non-hydrogen) atoms. The summed E-state index contributed by atoms with van der Waals surface area (Å²) in [5.74, 6) is 0. The number of H-pyrrole nitrogens is 1. The lowest BCUT2D eigenvalue weighted by molar-refractivity contribution is 0.276. The van der Waals surface area contributed by atoms with E-state index in [0.29, 0.717) is 0 Å². The van der Waals surface area contributed by atoms with E-state index >= 15 is 0 Å². The van der Waals surface area contributed by atoms with Crippen LogP contribution in [-0.2, 0) is 6.54 Å². The fourth-order valence-corrected chi connectivity index (χ4v) is 1.95. The monoisotopic (exact) mass is 231 g/mol. The molecule has 0 fully saturated rings. The molecule has 2 rings (SSSR count). The Kier molecular flexibility index (Phi) is 3.82. The zero-order valence-electron chi connectivity index (χ0n) is 10.9. The topological polar surface area (TPSA) is 22.3 Å². The fraction of sp³-hybridized carbons (Fsp3) is 0.429. The molecular formula is C14H21N3. The van der Waals surface area contributed by atoms with Crippen LogP contribution in [0.4, 0.5) is 0 Å². The van der Waals surface area contributed by atoms with Gasteiger partial charge in [-0.1, -0.05) is 12.1 Å². The predicted octanol–water partition coefficient (Wildman–Crippen LogP) is 2.16. The lowest BCUT2D eigenvalue weighted by Crippen LogP contribution is -2.28. The third-order valence-corrected chi connectivity index (χ3v) is 3.00. The first-order valence-electron chi connectivity index (χ1n) is 6.04. The molecule has 0 aliphatic rings. The second-order valence-electron chi connectivity index (χ2n) is 4.94. The fourth-order valence-electron chi connectivity index (χ4n) is 1.95. The highest BCUT2D eigenvalue weighted by Crippen LogP contribution is 2.15. The Morgan fingerprint density at radius 2 is 1.88 bits per heavy atom. The van der Waals surface area contributed by atoms with Gasteiger partial charge in [-0.25, -0.2) is 0 Å². The number of likely N-dealkylation sites (N-methyl/N-ethyl adjacent to an activating group) is 2. The molecular weight excluding hydrogens is 210 g/mol. The number of fused-ring (bicyclic) bond motifs is 1. The van der Waals surface area contributed by atoms with Gasteiger partial charge in [0.25, 0.3) is 0 Å². The van der Waals surface area contributed by atoms with Crippen LogP contribution in [0.25, 0.3) is 10.9 Å². The van der Waals surface area contributed by atoms with Crippen molar-refractivity contribution in [2.45, 2.75) is 6.54 Å². The molecule has 1 aromatic carbocycles. The maximum absolute atomic E-state index is 3.26. The van der Waals surface area contributed by atoms with E-state index in [2.05, 4.69) is 60.2 Å². The lowest BCUT2D eigenvalue weighted by atomic mass is 10.1. The van der Waals surface area contributed by atoms with Crippen LogP contribution in [0.3, 0.4) is 0 Å². The normalized spacial score (nSPS) is 11.8. The van der Waals surface area contributed by atoms with Crippen LogP contribution in [0.5, 0.6) is 0 Å². The third kappa shape index (κ3) is 3.32. The van der Waals surface area contributed by atoms with E-state index in [-0.39, 0.29) is 0 Å². The second kappa shape index (κ2) is 5.34. The molecule has 0 unspecified atom stereocenters. The number of nitrogens with one attached hydrogen (secondary N) is 1. The van der Waals surface area contributed by atoms with Crippen LogP contribution in [-0.4, -0.2) is 49.0 Å². The molecule has 0 amide bonds. The van der Waals surface area contributed by atoms with Crippen LogP contribution in [0.2, 0.25) is 0 Å². The molecule has 0 saturated carbocycles. The number of hydrogen-bond acceptors (Lipinski definition) is 2. The van der Waals surface area contributed by atoms with Gasteiger partial charge in [-0.2, -0.15) is 0 Å². The van der Waals surface area contributed by atoms with Crippen LogP contribution in [0.15, 0.2) is 30.5 Å². The van der Waals surface area contributed by atoms with Crippen molar-refractivity contribution in [2.24, 2.45) is 0 Å². The van der Waals surface area contributed by atoms with Crippen molar-refractivity contribution in [3.63, 3.8) is 0 Å². The first-order chi connectivity index (χ1) is 8.15. The van der Waals surface area contributed by atoms with Crippen molar-refractivity contribution in [1.29, 1.82) is 0 Å².